The summed E-state index contributed by atoms with van der Waals surface area (Å²) in [6, 6.07) is 7.57. The first-order valence-corrected chi connectivity index (χ1v) is 6.60. The maximum Gasteiger partial charge on any atom is 0.133 e. The second kappa shape index (κ2) is 7.49. The molecule has 1 heterocycles. The van der Waals surface area contributed by atoms with Crippen molar-refractivity contribution in [2.24, 2.45) is 7.05 Å². The van der Waals surface area contributed by atoms with E-state index in [0.29, 0.717) is 6.61 Å². The Labute approximate surface area is 118 Å². The molecule has 1 N–H and O–H groups in total. The Morgan fingerprint density at radius 1 is 1.15 bits per heavy atom. The molecule has 0 aliphatic rings. The van der Waals surface area contributed by atoms with Crippen LogP contribution in [0.5, 0.6) is 11.5 Å². The van der Waals surface area contributed by atoms with Gasteiger partial charge in [-0.1, -0.05) is 0 Å². The first-order chi connectivity index (χ1) is 9.79. The second-order valence-electron chi connectivity index (χ2n) is 4.38. The van der Waals surface area contributed by atoms with Gasteiger partial charge < -0.3 is 19.4 Å². The molecule has 2 rings (SSSR count). The van der Waals surface area contributed by atoms with E-state index in [-0.39, 0.29) is 0 Å². The SMILES string of the molecule is COc1ccc(OCCNCCc2nncn2C)cc1. The molecule has 0 unspecified atom stereocenters. The predicted octanol–water partition coefficient (Wildman–Crippen LogP) is 1.03. The van der Waals surface area contributed by atoms with Crippen molar-refractivity contribution in [3.63, 3.8) is 0 Å². The quantitative estimate of drug-likeness (QED) is 0.730. The lowest BCUT2D eigenvalue weighted by Crippen LogP contribution is -2.24. The van der Waals surface area contributed by atoms with Crippen LogP contribution in [0.15, 0.2) is 30.6 Å². The number of rotatable bonds is 8. The largest absolute Gasteiger partial charge is 0.497 e. The predicted molar refractivity (Wildman–Crippen MR) is 76.1 cm³/mol. The molecule has 0 aliphatic carbocycles. The third kappa shape index (κ3) is 4.24. The number of aryl methyl sites for hydroxylation is 1. The molecule has 0 atom stereocenters. The van der Waals surface area contributed by atoms with Crippen molar-refractivity contribution in [3.8, 4) is 11.5 Å². The Bertz CT molecular complexity index is 510. The van der Waals surface area contributed by atoms with Crippen LogP contribution in [0.25, 0.3) is 0 Å². The van der Waals surface area contributed by atoms with Crippen LogP contribution < -0.4 is 14.8 Å². The van der Waals surface area contributed by atoms with E-state index in [0.717, 1.165) is 36.8 Å². The number of nitrogens with one attached hydrogen (secondary N) is 1. The highest BCUT2D eigenvalue weighted by Gasteiger charge is 1.99. The van der Waals surface area contributed by atoms with Gasteiger partial charge in [0.05, 0.1) is 7.11 Å². The van der Waals surface area contributed by atoms with Gasteiger partial charge in [-0.05, 0) is 24.3 Å². The normalized spacial score (nSPS) is 10.5. The van der Waals surface area contributed by atoms with Crippen molar-refractivity contribution in [2.45, 2.75) is 6.42 Å². The fourth-order valence-corrected chi connectivity index (χ4v) is 1.77. The van der Waals surface area contributed by atoms with Gasteiger partial charge in [-0.15, -0.1) is 10.2 Å². The monoisotopic (exact) mass is 276 g/mol. The number of hydrogen-bond donors (Lipinski definition) is 1. The minimum Gasteiger partial charge on any atom is -0.497 e. The molecule has 0 saturated heterocycles. The van der Waals surface area contributed by atoms with Crippen molar-refractivity contribution in [1.29, 1.82) is 0 Å². The fourth-order valence-electron chi connectivity index (χ4n) is 1.77. The van der Waals surface area contributed by atoms with Gasteiger partial charge in [0.1, 0.15) is 30.3 Å². The summed E-state index contributed by atoms with van der Waals surface area (Å²) in [6.07, 6.45) is 2.57. The summed E-state index contributed by atoms with van der Waals surface area (Å²) in [7, 11) is 3.60. The Balaban J connectivity index is 1.58. The summed E-state index contributed by atoms with van der Waals surface area (Å²) in [5.74, 6) is 2.66. The van der Waals surface area contributed by atoms with Crippen LogP contribution in [-0.4, -0.2) is 41.6 Å². The van der Waals surface area contributed by atoms with Crippen molar-refractivity contribution in [3.05, 3.63) is 36.4 Å². The molecule has 0 amide bonds. The molecule has 0 fully saturated rings. The molecule has 20 heavy (non-hydrogen) atoms. The lowest BCUT2D eigenvalue weighted by molar-refractivity contribution is 0.313. The van der Waals surface area contributed by atoms with Crippen LogP contribution in [0.4, 0.5) is 0 Å². The number of methoxy groups -OCH3 is 1. The molecule has 0 radical (unpaired) electrons. The highest BCUT2D eigenvalue weighted by atomic mass is 16.5. The highest BCUT2D eigenvalue weighted by Crippen LogP contribution is 2.16. The van der Waals surface area contributed by atoms with E-state index in [1.54, 1.807) is 13.4 Å². The second-order valence-corrected chi connectivity index (χ2v) is 4.38. The number of aromatic nitrogens is 3. The smallest absolute Gasteiger partial charge is 0.133 e. The van der Waals surface area contributed by atoms with Crippen molar-refractivity contribution in [1.82, 2.24) is 20.1 Å². The average Bonchev–Trinajstić information content (AvgIpc) is 2.89. The van der Waals surface area contributed by atoms with Crippen LogP contribution in [0, 0.1) is 0 Å². The zero-order valence-electron chi connectivity index (χ0n) is 11.9. The van der Waals surface area contributed by atoms with E-state index in [9.17, 15) is 0 Å². The number of ether oxygens (including phenoxy) is 2. The Kier molecular flexibility index (Phi) is 5.37. The summed E-state index contributed by atoms with van der Waals surface area (Å²) < 4.78 is 12.6. The van der Waals surface area contributed by atoms with Crippen molar-refractivity contribution in [2.75, 3.05) is 26.8 Å². The maximum atomic E-state index is 5.62. The van der Waals surface area contributed by atoms with Gasteiger partial charge in [0.15, 0.2) is 0 Å². The molecular formula is C14H20N4O2. The molecule has 1 aromatic carbocycles. The average molecular weight is 276 g/mol. The van der Waals surface area contributed by atoms with Crippen molar-refractivity contribution >= 4 is 0 Å². The van der Waals surface area contributed by atoms with E-state index < -0.39 is 0 Å². The fraction of sp³-hybridized carbons (Fsp3) is 0.429. The third-order valence-corrected chi connectivity index (χ3v) is 2.94. The van der Waals surface area contributed by atoms with Crippen LogP contribution >= 0.6 is 0 Å². The molecule has 0 aliphatic heterocycles. The molecule has 108 valence electrons. The Morgan fingerprint density at radius 2 is 1.90 bits per heavy atom. The molecule has 6 nitrogen and oxygen atoms in total. The molecule has 6 heteroatoms. The van der Waals surface area contributed by atoms with Crippen LogP contribution in [0.2, 0.25) is 0 Å². The third-order valence-electron chi connectivity index (χ3n) is 2.94. The van der Waals surface area contributed by atoms with Gasteiger partial charge in [0.2, 0.25) is 0 Å². The van der Waals surface area contributed by atoms with E-state index in [2.05, 4.69) is 15.5 Å². The lowest BCUT2D eigenvalue weighted by atomic mass is 10.3. The standard InChI is InChI=1S/C14H20N4O2/c1-18-11-16-17-14(18)7-8-15-9-10-20-13-5-3-12(19-2)4-6-13/h3-6,11,15H,7-10H2,1-2H3. The molecular weight excluding hydrogens is 256 g/mol. The minimum atomic E-state index is 0.630. The summed E-state index contributed by atoms with van der Waals surface area (Å²) >= 11 is 0. The summed E-state index contributed by atoms with van der Waals surface area (Å²) in [4.78, 5) is 0. The van der Waals surface area contributed by atoms with Gasteiger partial charge in [-0.2, -0.15) is 0 Å². The van der Waals surface area contributed by atoms with Gasteiger partial charge in [0, 0.05) is 26.6 Å². The Hall–Kier alpha value is -2.08. The molecule has 0 bridgehead atoms. The van der Waals surface area contributed by atoms with E-state index in [4.69, 9.17) is 9.47 Å². The zero-order valence-corrected chi connectivity index (χ0v) is 11.9. The van der Waals surface area contributed by atoms with E-state index >= 15 is 0 Å². The lowest BCUT2D eigenvalue weighted by Gasteiger charge is -2.08. The first kappa shape index (κ1) is 14.3. The molecule has 2 aromatic rings. The summed E-state index contributed by atoms with van der Waals surface area (Å²) in [6.45, 7) is 2.29. The zero-order chi connectivity index (χ0) is 14.2. The van der Waals surface area contributed by atoms with E-state index in [1.807, 2.05) is 35.9 Å². The maximum absolute atomic E-state index is 5.62. The molecule has 1 aromatic heterocycles. The van der Waals surface area contributed by atoms with E-state index in [1.165, 1.54) is 0 Å². The number of benzene rings is 1. The van der Waals surface area contributed by atoms with Gasteiger partial charge >= 0.3 is 0 Å². The Morgan fingerprint density at radius 3 is 2.55 bits per heavy atom. The van der Waals surface area contributed by atoms with Crippen LogP contribution in [0.1, 0.15) is 5.82 Å². The number of nitrogens with zero attached hydrogens (tertiary/aromatic N) is 3. The molecule has 0 saturated carbocycles. The molecule has 0 spiro atoms. The highest BCUT2D eigenvalue weighted by molar-refractivity contribution is 5.31. The van der Waals surface area contributed by atoms with Crippen LogP contribution in [0.3, 0.4) is 0 Å². The van der Waals surface area contributed by atoms with Crippen LogP contribution in [-0.2, 0) is 13.5 Å². The summed E-state index contributed by atoms with van der Waals surface area (Å²) in [5, 5.41) is 11.2. The first-order valence-electron chi connectivity index (χ1n) is 6.60. The van der Waals surface area contributed by atoms with Gasteiger partial charge in [0.25, 0.3) is 0 Å². The summed E-state index contributed by atoms with van der Waals surface area (Å²) in [5.41, 5.74) is 0. The number of hydrogen-bond acceptors (Lipinski definition) is 5. The van der Waals surface area contributed by atoms with Gasteiger partial charge in [-0.3, -0.25) is 0 Å². The topological polar surface area (TPSA) is 61.2 Å². The van der Waals surface area contributed by atoms with Gasteiger partial charge in [-0.25, -0.2) is 0 Å². The van der Waals surface area contributed by atoms with Crippen molar-refractivity contribution < 1.29 is 9.47 Å². The minimum absolute atomic E-state index is 0.630.